The van der Waals surface area contributed by atoms with Crippen LogP contribution in [0.3, 0.4) is 0 Å². The van der Waals surface area contributed by atoms with Crippen LogP contribution in [0.1, 0.15) is 30.6 Å². The van der Waals surface area contributed by atoms with Crippen molar-refractivity contribution in [3.8, 4) is 11.5 Å². The Balaban J connectivity index is 2.21. The number of nitrogens with one attached hydrogen (secondary N) is 1. The Morgan fingerprint density at radius 3 is 2.54 bits per heavy atom. The van der Waals surface area contributed by atoms with E-state index in [0.717, 1.165) is 12.5 Å². The molecule has 1 heterocycles. The van der Waals surface area contributed by atoms with E-state index < -0.39 is 28.6 Å². The number of nitro benzene ring substituents is 1. The molecule has 1 aliphatic heterocycles. The third kappa shape index (κ3) is 3.92. The molecule has 0 spiro atoms. The first-order valence-corrected chi connectivity index (χ1v) is 7.50. The van der Waals surface area contributed by atoms with Crippen LogP contribution in [0.15, 0.2) is 12.1 Å². The molecule has 1 N–H and O–H groups in total. The van der Waals surface area contributed by atoms with Crippen LogP contribution in [-0.2, 0) is 9.53 Å². The quantitative estimate of drug-likeness (QED) is 0.474. The van der Waals surface area contributed by atoms with E-state index >= 15 is 0 Å². The molecule has 1 aromatic rings. The maximum atomic E-state index is 12.2. The fourth-order valence-corrected chi connectivity index (χ4v) is 2.06. The molecule has 0 aliphatic carbocycles. The lowest BCUT2D eigenvalue weighted by molar-refractivity contribution is -0.385. The average Bonchev–Trinajstić information content (AvgIpc) is 2.58. The van der Waals surface area contributed by atoms with E-state index in [1.54, 1.807) is 0 Å². The van der Waals surface area contributed by atoms with E-state index in [1.165, 1.54) is 13.0 Å². The summed E-state index contributed by atoms with van der Waals surface area (Å²) in [4.78, 5) is 34.5. The molecular formula is C15H18N2O7. The minimum Gasteiger partial charge on any atom is -0.486 e. The SMILES string of the molecule is CCCNC(=O)[C@@H](C)OC(=O)c1cc2c(cc1[N+](=O)[O-])OCCO2. The Morgan fingerprint density at radius 1 is 1.33 bits per heavy atom. The molecule has 24 heavy (non-hydrogen) atoms. The van der Waals surface area contributed by atoms with Gasteiger partial charge < -0.3 is 19.5 Å². The van der Waals surface area contributed by atoms with E-state index in [-0.39, 0.29) is 30.3 Å². The summed E-state index contributed by atoms with van der Waals surface area (Å²) in [6.45, 7) is 4.27. The van der Waals surface area contributed by atoms with Crippen molar-refractivity contribution in [3.63, 3.8) is 0 Å². The lowest BCUT2D eigenvalue weighted by Crippen LogP contribution is -2.36. The first kappa shape index (κ1) is 17.5. The third-order valence-electron chi connectivity index (χ3n) is 3.28. The standard InChI is InChI=1S/C15H18N2O7/c1-3-4-16-14(18)9(2)24-15(19)10-7-12-13(23-6-5-22-12)8-11(10)17(20)21/h7-9H,3-6H2,1-2H3,(H,16,18)/t9-/m1/s1. The van der Waals surface area contributed by atoms with Gasteiger partial charge in [-0.1, -0.05) is 6.92 Å². The van der Waals surface area contributed by atoms with Gasteiger partial charge in [0.05, 0.1) is 11.0 Å². The van der Waals surface area contributed by atoms with E-state index in [1.807, 2.05) is 6.92 Å². The molecule has 0 fully saturated rings. The van der Waals surface area contributed by atoms with Crippen LogP contribution in [0.5, 0.6) is 11.5 Å². The predicted octanol–water partition coefficient (Wildman–Crippen LogP) is 1.44. The fourth-order valence-electron chi connectivity index (χ4n) is 2.06. The van der Waals surface area contributed by atoms with Gasteiger partial charge in [-0.25, -0.2) is 4.79 Å². The number of nitrogens with zero attached hydrogens (tertiary/aromatic N) is 1. The van der Waals surface area contributed by atoms with Crippen LogP contribution in [0, 0.1) is 10.1 Å². The summed E-state index contributed by atoms with van der Waals surface area (Å²) >= 11 is 0. The number of rotatable bonds is 6. The second-order valence-corrected chi connectivity index (χ2v) is 5.11. The van der Waals surface area contributed by atoms with Crippen molar-refractivity contribution in [2.75, 3.05) is 19.8 Å². The average molecular weight is 338 g/mol. The summed E-state index contributed by atoms with van der Waals surface area (Å²) in [5, 5.41) is 13.8. The highest BCUT2D eigenvalue weighted by Crippen LogP contribution is 2.36. The van der Waals surface area contributed by atoms with Crippen molar-refractivity contribution >= 4 is 17.6 Å². The zero-order valence-corrected chi connectivity index (χ0v) is 13.4. The highest BCUT2D eigenvalue weighted by molar-refractivity contribution is 5.96. The Morgan fingerprint density at radius 2 is 1.96 bits per heavy atom. The second-order valence-electron chi connectivity index (χ2n) is 5.11. The smallest absolute Gasteiger partial charge is 0.346 e. The normalized spacial score (nSPS) is 13.8. The molecule has 0 saturated carbocycles. The van der Waals surface area contributed by atoms with E-state index in [4.69, 9.17) is 14.2 Å². The van der Waals surface area contributed by atoms with Gasteiger partial charge in [0.1, 0.15) is 18.8 Å². The molecule has 0 aromatic heterocycles. The van der Waals surface area contributed by atoms with Crippen molar-refractivity contribution in [2.24, 2.45) is 0 Å². The fraction of sp³-hybridized carbons (Fsp3) is 0.467. The van der Waals surface area contributed by atoms with Gasteiger partial charge >= 0.3 is 5.97 Å². The molecule has 130 valence electrons. The number of esters is 1. The van der Waals surface area contributed by atoms with Crippen molar-refractivity contribution in [1.82, 2.24) is 5.32 Å². The molecule has 1 aliphatic rings. The molecule has 1 atom stereocenters. The summed E-state index contributed by atoms with van der Waals surface area (Å²) in [5.74, 6) is -1.02. The third-order valence-corrected chi connectivity index (χ3v) is 3.28. The first-order valence-electron chi connectivity index (χ1n) is 7.50. The summed E-state index contributed by atoms with van der Waals surface area (Å²) in [7, 11) is 0. The lowest BCUT2D eigenvalue weighted by atomic mass is 10.1. The molecule has 0 unspecified atom stereocenters. The molecule has 0 radical (unpaired) electrons. The van der Waals surface area contributed by atoms with Crippen LogP contribution in [0.25, 0.3) is 0 Å². The number of carbonyl (C=O) groups is 2. The number of ether oxygens (including phenoxy) is 3. The molecule has 9 nitrogen and oxygen atoms in total. The topological polar surface area (TPSA) is 117 Å². The number of hydrogen-bond donors (Lipinski definition) is 1. The van der Waals surface area contributed by atoms with E-state index in [2.05, 4.69) is 5.32 Å². The van der Waals surface area contributed by atoms with Gasteiger partial charge in [-0.15, -0.1) is 0 Å². The maximum absolute atomic E-state index is 12.2. The summed E-state index contributed by atoms with van der Waals surface area (Å²) in [5.41, 5.74) is -0.759. The van der Waals surface area contributed by atoms with Crippen molar-refractivity contribution in [1.29, 1.82) is 0 Å². The summed E-state index contributed by atoms with van der Waals surface area (Å²) in [6, 6.07) is 2.32. The van der Waals surface area contributed by atoms with Gasteiger partial charge in [-0.3, -0.25) is 14.9 Å². The van der Waals surface area contributed by atoms with Crippen LogP contribution < -0.4 is 14.8 Å². The van der Waals surface area contributed by atoms with Gasteiger partial charge in [0.2, 0.25) is 0 Å². The number of amides is 1. The van der Waals surface area contributed by atoms with E-state index in [0.29, 0.717) is 6.54 Å². The highest BCUT2D eigenvalue weighted by atomic mass is 16.6. The van der Waals surface area contributed by atoms with E-state index in [9.17, 15) is 19.7 Å². The predicted molar refractivity (Wildman–Crippen MR) is 82.3 cm³/mol. The Labute approximate surface area is 138 Å². The number of hydrogen-bond acceptors (Lipinski definition) is 7. The zero-order valence-electron chi connectivity index (χ0n) is 13.4. The number of benzene rings is 1. The highest BCUT2D eigenvalue weighted by Gasteiger charge is 2.29. The van der Waals surface area contributed by atoms with Crippen molar-refractivity contribution in [2.45, 2.75) is 26.4 Å². The second kappa shape index (κ2) is 7.62. The Hall–Kier alpha value is -2.84. The molecule has 1 aromatic carbocycles. The van der Waals surface area contributed by atoms with Gasteiger partial charge in [-0.05, 0) is 13.3 Å². The van der Waals surface area contributed by atoms with Crippen LogP contribution >= 0.6 is 0 Å². The van der Waals surface area contributed by atoms with Gasteiger partial charge in [0, 0.05) is 12.6 Å². The zero-order chi connectivity index (χ0) is 17.7. The minimum atomic E-state index is -1.07. The molecule has 9 heteroatoms. The largest absolute Gasteiger partial charge is 0.486 e. The molecule has 0 bridgehead atoms. The van der Waals surface area contributed by atoms with Crippen LogP contribution in [-0.4, -0.2) is 42.7 Å². The summed E-state index contributed by atoms with van der Waals surface area (Å²) < 4.78 is 15.6. The first-order chi connectivity index (χ1) is 11.4. The molecule has 0 saturated heterocycles. The van der Waals surface area contributed by atoms with Crippen molar-refractivity contribution in [3.05, 3.63) is 27.8 Å². The maximum Gasteiger partial charge on any atom is 0.346 e. The summed E-state index contributed by atoms with van der Waals surface area (Å²) in [6.07, 6.45) is -0.336. The Bertz CT molecular complexity index is 659. The molecule has 1 amide bonds. The van der Waals surface area contributed by atoms with Crippen LogP contribution in [0.2, 0.25) is 0 Å². The molecule has 2 rings (SSSR count). The van der Waals surface area contributed by atoms with Gasteiger partial charge in [-0.2, -0.15) is 0 Å². The lowest BCUT2D eigenvalue weighted by Gasteiger charge is -2.19. The number of carbonyl (C=O) groups excluding carboxylic acids is 2. The van der Waals surface area contributed by atoms with Gasteiger partial charge in [0.25, 0.3) is 11.6 Å². The Kier molecular flexibility index (Phi) is 5.56. The minimum absolute atomic E-state index is 0.193. The molecular weight excluding hydrogens is 320 g/mol. The van der Waals surface area contributed by atoms with Crippen molar-refractivity contribution < 1.29 is 28.7 Å². The van der Waals surface area contributed by atoms with Crippen LogP contribution in [0.4, 0.5) is 5.69 Å². The van der Waals surface area contributed by atoms with Gasteiger partial charge in [0.15, 0.2) is 17.6 Å². The number of nitro groups is 1. The monoisotopic (exact) mass is 338 g/mol. The number of fused-ring (bicyclic) bond motifs is 1.